The number of halogens is 2. The van der Waals surface area contributed by atoms with E-state index in [-0.39, 0.29) is 5.92 Å². The first-order chi connectivity index (χ1) is 6.13. The fraction of sp³-hybridized carbons (Fsp3) is 0.300. The van der Waals surface area contributed by atoms with E-state index in [1.165, 1.54) is 12.1 Å². The van der Waals surface area contributed by atoms with Gasteiger partial charge in [0.15, 0.2) is 0 Å². The van der Waals surface area contributed by atoms with Crippen LogP contribution in [0.2, 0.25) is 0 Å². The molecule has 0 aliphatic heterocycles. The highest BCUT2D eigenvalue weighted by Crippen LogP contribution is 2.13. The first-order valence-corrected chi connectivity index (χ1v) is 4.02. The van der Waals surface area contributed by atoms with Crippen molar-refractivity contribution >= 4 is 6.29 Å². The lowest BCUT2D eigenvalue weighted by molar-refractivity contribution is -0.110. The molecule has 0 spiro atoms. The summed E-state index contributed by atoms with van der Waals surface area (Å²) in [6, 6.07) is 3.38. The maximum atomic E-state index is 13.0. The molecule has 1 atom stereocenters. The van der Waals surface area contributed by atoms with Crippen LogP contribution in [0.15, 0.2) is 18.2 Å². The summed E-state index contributed by atoms with van der Waals surface area (Å²) in [7, 11) is 0. The third kappa shape index (κ3) is 2.61. The zero-order valence-corrected chi connectivity index (χ0v) is 7.26. The van der Waals surface area contributed by atoms with Gasteiger partial charge in [-0.05, 0) is 18.1 Å². The van der Waals surface area contributed by atoms with E-state index in [0.29, 0.717) is 12.0 Å². The molecule has 0 radical (unpaired) electrons. The van der Waals surface area contributed by atoms with E-state index in [1.807, 2.05) is 0 Å². The number of hydrogen-bond acceptors (Lipinski definition) is 1. The van der Waals surface area contributed by atoms with Crippen LogP contribution in [0.1, 0.15) is 12.5 Å². The molecular formula is C10H10F2O. The van der Waals surface area contributed by atoms with Crippen molar-refractivity contribution in [3.8, 4) is 0 Å². The lowest BCUT2D eigenvalue weighted by Gasteiger charge is -2.04. The molecule has 0 saturated carbocycles. The maximum absolute atomic E-state index is 13.0. The van der Waals surface area contributed by atoms with Crippen molar-refractivity contribution in [1.82, 2.24) is 0 Å². The molecule has 1 nitrogen and oxygen atoms in total. The average Bonchev–Trinajstić information content (AvgIpc) is 2.09. The highest BCUT2D eigenvalue weighted by Gasteiger charge is 2.07. The van der Waals surface area contributed by atoms with Gasteiger partial charge in [-0.15, -0.1) is 0 Å². The molecular weight excluding hydrogens is 174 g/mol. The molecule has 0 amide bonds. The van der Waals surface area contributed by atoms with E-state index in [0.717, 1.165) is 12.4 Å². The summed E-state index contributed by atoms with van der Waals surface area (Å²) < 4.78 is 25.4. The molecule has 0 aliphatic rings. The van der Waals surface area contributed by atoms with Crippen LogP contribution in [0.3, 0.4) is 0 Å². The fourth-order valence-corrected chi connectivity index (χ4v) is 1.08. The quantitative estimate of drug-likeness (QED) is 0.659. The molecule has 0 saturated heterocycles. The van der Waals surface area contributed by atoms with Gasteiger partial charge in [-0.1, -0.05) is 13.0 Å². The van der Waals surface area contributed by atoms with Crippen LogP contribution in [0.25, 0.3) is 0 Å². The Morgan fingerprint density at radius 2 is 2.15 bits per heavy atom. The largest absolute Gasteiger partial charge is 0.303 e. The second-order valence-corrected chi connectivity index (χ2v) is 3.05. The van der Waals surface area contributed by atoms with Gasteiger partial charge in [0, 0.05) is 12.0 Å². The van der Waals surface area contributed by atoms with Crippen molar-refractivity contribution in [3.05, 3.63) is 35.4 Å². The van der Waals surface area contributed by atoms with E-state index >= 15 is 0 Å². The molecule has 0 bridgehead atoms. The van der Waals surface area contributed by atoms with Gasteiger partial charge in [-0.3, -0.25) is 0 Å². The van der Waals surface area contributed by atoms with Crippen LogP contribution >= 0.6 is 0 Å². The second-order valence-electron chi connectivity index (χ2n) is 3.05. The van der Waals surface area contributed by atoms with Crippen LogP contribution in [-0.4, -0.2) is 6.29 Å². The van der Waals surface area contributed by atoms with Crippen LogP contribution in [0, 0.1) is 17.6 Å². The van der Waals surface area contributed by atoms with E-state index in [4.69, 9.17) is 0 Å². The first kappa shape index (κ1) is 9.84. The smallest absolute Gasteiger partial charge is 0.129 e. The zero-order chi connectivity index (χ0) is 9.84. The van der Waals surface area contributed by atoms with Gasteiger partial charge in [0.2, 0.25) is 0 Å². The summed E-state index contributed by atoms with van der Waals surface area (Å²) in [6.07, 6.45) is 1.07. The van der Waals surface area contributed by atoms with E-state index < -0.39 is 11.6 Å². The van der Waals surface area contributed by atoms with E-state index in [1.54, 1.807) is 6.92 Å². The van der Waals surface area contributed by atoms with Crippen molar-refractivity contribution in [3.63, 3.8) is 0 Å². The Kier molecular flexibility index (Phi) is 3.12. The average molecular weight is 184 g/mol. The number of carbonyl (C=O) groups is 1. The highest BCUT2D eigenvalue weighted by molar-refractivity contribution is 5.53. The number of benzene rings is 1. The van der Waals surface area contributed by atoms with Crippen molar-refractivity contribution in [2.24, 2.45) is 5.92 Å². The number of hydrogen-bond donors (Lipinski definition) is 0. The summed E-state index contributed by atoms with van der Waals surface area (Å²) in [5, 5.41) is 0. The Hall–Kier alpha value is -1.25. The topological polar surface area (TPSA) is 17.1 Å². The Balaban J connectivity index is 2.83. The minimum atomic E-state index is -0.597. The van der Waals surface area contributed by atoms with E-state index in [9.17, 15) is 13.6 Å². The van der Waals surface area contributed by atoms with Crippen LogP contribution < -0.4 is 0 Å². The molecule has 13 heavy (non-hydrogen) atoms. The molecule has 0 N–H and O–H groups in total. The summed E-state index contributed by atoms with van der Waals surface area (Å²) in [6.45, 7) is 1.69. The summed E-state index contributed by atoms with van der Waals surface area (Å²) in [5.41, 5.74) is 0.376. The molecule has 3 heteroatoms. The van der Waals surface area contributed by atoms with Crippen molar-refractivity contribution in [2.75, 3.05) is 0 Å². The Morgan fingerprint density at radius 3 is 2.69 bits per heavy atom. The maximum Gasteiger partial charge on any atom is 0.129 e. The summed E-state index contributed by atoms with van der Waals surface area (Å²) in [4.78, 5) is 10.3. The normalized spacial score (nSPS) is 12.5. The highest BCUT2D eigenvalue weighted by atomic mass is 19.1. The minimum absolute atomic E-state index is 0.236. The first-order valence-electron chi connectivity index (χ1n) is 4.02. The van der Waals surface area contributed by atoms with E-state index in [2.05, 4.69) is 0 Å². The minimum Gasteiger partial charge on any atom is -0.303 e. The molecule has 0 fully saturated rings. The lowest BCUT2D eigenvalue weighted by Crippen LogP contribution is -2.02. The van der Waals surface area contributed by atoms with Crippen molar-refractivity contribution < 1.29 is 13.6 Å². The fourth-order valence-electron chi connectivity index (χ4n) is 1.08. The van der Waals surface area contributed by atoms with Gasteiger partial charge in [0.05, 0.1) is 0 Å². The Bertz CT molecular complexity index is 310. The van der Waals surface area contributed by atoms with Crippen LogP contribution in [-0.2, 0) is 11.2 Å². The molecule has 1 aromatic rings. The molecule has 1 unspecified atom stereocenters. The summed E-state index contributed by atoms with van der Waals surface area (Å²) in [5.74, 6) is -1.42. The molecule has 0 aliphatic carbocycles. The van der Waals surface area contributed by atoms with Gasteiger partial charge in [0.1, 0.15) is 17.9 Å². The molecule has 0 aromatic heterocycles. The Labute approximate surface area is 75.4 Å². The van der Waals surface area contributed by atoms with Gasteiger partial charge >= 0.3 is 0 Å². The zero-order valence-electron chi connectivity index (χ0n) is 7.26. The number of carbonyl (C=O) groups excluding carboxylic acids is 1. The van der Waals surface area contributed by atoms with Gasteiger partial charge < -0.3 is 4.79 Å². The van der Waals surface area contributed by atoms with Crippen molar-refractivity contribution in [2.45, 2.75) is 13.3 Å². The second kappa shape index (κ2) is 4.12. The van der Waals surface area contributed by atoms with Crippen molar-refractivity contribution in [1.29, 1.82) is 0 Å². The predicted octanol–water partition coefficient (Wildman–Crippen LogP) is 2.34. The molecule has 1 aromatic carbocycles. The monoisotopic (exact) mass is 184 g/mol. The number of aldehydes is 1. The summed E-state index contributed by atoms with van der Waals surface area (Å²) >= 11 is 0. The Morgan fingerprint density at radius 1 is 1.46 bits per heavy atom. The van der Waals surface area contributed by atoms with Gasteiger partial charge in [-0.2, -0.15) is 0 Å². The van der Waals surface area contributed by atoms with Gasteiger partial charge in [-0.25, -0.2) is 8.78 Å². The lowest BCUT2D eigenvalue weighted by atomic mass is 10.0. The van der Waals surface area contributed by atoms with Gasteiger partial charge in [0.25, 0.3) is 0 Å². The molecule has 1 rings (SSSR count). The third-order valence-corrected chi connectivity index (χ3v) is 1.79. The SMILES string of the molecule is CC(C=O)Cc1ccc(F)cc1F. The standard InChI is InChI=1S/C10H10F2O/c1-7(6-13)4-8-2-3-9(11)5-10(8)12/h2-3,5-7H,4H2,1H3. The van der Waals surface area contributed by atoms with Crippen LogP contribution in [0.4, 0.5) is 8.78 Å². The molecule has 70 valence electrons. The number of rotatable bonds is 3. The third-order valence-electron chi connectivity index (χ3n) is 1.79. The van der Waals surface area contributed by atoms with Crippen LogP contribution in [0.5, 0.6) is 0 Å². The predicted molar refractivity (Wildman–Crippen MR) is 45.3 cm³/mol. The molecule has 0 heterocycles.